The first-order valence-corrected chi connectivity index (χ1v) is 30.4. The minimum absolute atomic E-state index is 0.0563. The summed E-state index contributed by atoms with van der Waals surface area (Å²) < 4.78 is 21.2. The largest absolute Gasteiger partial charge is 0.496 e. The van der Waals surface area contributed by atoms with E-state index in [0.717, 1.165) is 9.80 Å². The number of nitrogens with zero attached hydrogens (tertiary/aromatic N) is 3. The summed E-state index contributed by atoms with van der Waals surface area (Å²) in [5.41, 5.74) is 6.52. The third kappa shape index (κ3) is 15.9. The number of nitrogens with one attached hydrogen (secondary N) is 8. The number of ether oxygens (including phenoxy) is 1. The maximum absolute atomic E-state index is 15.3. The average Bonchev–Trinajstić information content (AvgIpc) is 4.34. The van der Waals surface area contributed by atoms with Crippen LogP contribution >= 0.6 is 11.8 Å². The van der Waals surface area contributed by atoms with E-state index >= 15 is 4.21 Å². The molecule has 12 amide bonds. The number of carbonyl (C=O) groups is 12. The highest BCUT2D eigenvalue weighted by Crippen LogP contribution is 2.38. The van der Waals surface area contributed by atoms with Crippen LogP contribution in [-0.2, 0) is 80.5 Å². The van der Waals surface area contributed by atoms with E-state index in [9.17, 15) is 72.9 Å². The van der Waals surface area contributed by atoms with Crippen LogP contribution in [0.4, 0.5) is 0 Å². The van der Waals surface area contributed by atoms with E-state index < -0.39 is 176 Å². The van der Waals surface area contributed by atoms with Gasteiger partial charge in [-0.25, -0.2) is 0 Å². The van der Waals surface area contributed by atoms with Gasteiger partial charge in [-0.05, 0) is 36.5 Å². The second-order valence-corrected chi connectivity index (χ2v) is 24.5. The number of likely N-dealkylation sites (tertiary alicyclic amines) is 1. The zero-order chi connectivity index (χ0) is 62.0. The Balaban J connectivity index is 1.29. The number of aromatic amines is 1. The molecule has 85 heavy (non-hydrogen) atoms. The molecule has 2 saturated heterocycles. The molecule has 464 valence electrons. The Morgan fingerprint density at radius 3 is 2.16 bits per heavy atom. The van der Waals surface area contributed by atoms with Gasteiger partial charge in [0, 0.05) is 85.5 Å². The number of hydrogen-bond acceptors (Lipinski definition) is 18. The van der Waals surface area contributed by atoms with E-state index in [2.05, 4.69) is 42.2 Å². The van der Waals surface area contributed by atoms with Crippen LogP contribution in [-0.4, -0.2) is 223 Å². The van der Waals surface area contributed by atoms with Gasteiger partial charge in [-0.1, -0.05) is 33.6 Å². The smallest absolute Gasteiger partial charge is 0.253 e. The van der Waals surface area contributed by atoms with Crippen molar-refractivity contribution in [2.45, 2.75) is 137 Å². The number of benzene rings is 1. The minimum atomic E-state index is -2.46. The molecule has 0 spiro atoms. The number of fused-ring (bicyclic) bond motifs is 5. The van der Waals surface area contributed by atoms with Crippen LogP contribution in [0.2, 0.25) is 0 Å². The number of thioether (sulfide) groups is 1. The van der Waals surface area contributed by atoms with Gasteiger partial charge in [0.25, 0.3) is 11.8 Å². The van der Waals surface area contributed by atoms with Crippen molar-refractivity contribution in [1.82, 2.24) is 56.9 Å². The lowest BCUT2D eigenvalue weighted by atomic mass is 9.93. The predicted octanol–water partition coefficient (Wildman–Crippen LogP) is -4.69. The Kier molecular flexibility index (Phi) is 22.3. The summed E-state index contributed by atoms with van der Waals surface area (Å²) in [7, 11) is -1.04. The molecular formula is C54H74N12O17S2. The number of imide groups is 1. The highest BCUT2D eigenvalue weighted by atomic mass is 32.2. The van der Waals surface area contributed by atoms with E-state index in [-0.39, 0.29) is 52.3 Å². The van der Waals surface area contributed by atoms with Crippen molar-refractivity contribution in [2.75, 3.05) is 58.7 Å². The summed E-state index contributed by atoms with van der Waals surface area (Å²) in [6, 6.07) is -7.00. The van der Waals surface area contributed by atoms with Crippen molar-refractivity contribution in [3.8, 4) is 5.75 Å². The number of nitrogens with two attached hydrogens (primary N) is 1. The van der Waals surface area contributed by atoms with Crippen LogP contribution < -0.4 is 47.7 Å². The Bertz CT molecular complexity index is 2990. The predicted molar refractivity (Wildman–Crippen MR) is 303 cm³/mol. The number of aliphatic hydroxyl groups is 3. The fraction of sp³-hybridized carbons (Fsp3) is 0.593. The minimum Gasteiger partial charge on any atom is -0.496 e. The number of carbonyl (C=O) groups excluding carboxylic acids is 12. The van der Waals surface area contributed by atoms with Crippen LogP contribution in [0.5, 0.6) is 5.75 Å². The van der Waals surface area contributed by atoms with Crippen molar-refractivity contribution in [3.63, 3.8) is 0 Å². The summed E-state index contributed by atoms with van der Waals surface area (Å²) >= 11 is 1.48. The molecule has 5 aliphatic rings. The standard InChI is InChI=1S/C54H74N12O17S2/c1-5-26(2)45-51(79)57-18-40(71)58-35-25-85(82)53-31(30-10-11-38(83-4)32(47(30)63-53)24-84-29-21-64(22-29)42(73)9-7-6-8-14-65-43(74)12-13-44(65)75)16-33(48(76)56-19-41(72)61-45)59-52(80)46(27(3)37(69)23-67)62-50(78)36-15-28(68)20-66(36)54(81)34(17-39(55)70)60-49(35)77/h10-13,26-29,33-37,45-46,63,67-69H,5-9,14-25H2,1-4H3,(H2,55,70)(H,56,76)(H,57,79)(H,58,71)(H,59,80)(H,60,77)(H,61,72)(H,62,78)/t26-,27-,28+,33-,34-,35-,36-,37-,45-,46-,85?/m0/s1. The number of aromatic nitrogens is 1. The molecule has 7 rings (SSSR count). The first-order chi connectivity index (χ1) is 40.4. The van der Waals surface area contributed by atoms with Gasteiger partial charge in [0.1, 0.15) is 47.0 Å². The van der Waals surface area contributed by atoms with Gasteiger partial charge in [-0.15, -0.1) is 11.8 Å². The fourth-order valence-corrected chi connectivity index (χ4v) is 13.3. The molecule has 0 radical (unpaired) electrons. The van der Waals surface area contributed by atoms with Gasteiger partial charge in [0.05, 0.1) is 67.5 Å². The topological polar surface area (TPSA) is 428 Å². The lowest BCUT2D eigenvalue weighted by Crippen LogP contribution is -2.62. The molecule has 0 saturated carbocycles. The maximum atomic E-state index is 15.3. The summed E-state index contributed by atoms with van der Waals surface area (Å²) in [5, 5.41) is 49.5. The number of rotatable bonds is 17. The van der Waals surface area contributed by atoms with E-state index in [4.69, 9.17) is 10.5 Å². The number of amides is 12. The Morgan fingerprint density at radius 2 is 1.51 bits per heavy atom. The highest BCUT2D eigenvalue weighted by Gasteiger charge is 2.45. The van der Waals surface area contributed by atoms with Gasteiger partial charge in [-0.2, -0.15) is 0 Å². The molecule has 2 fully saturated rings. The van der Waals surface area contributed by atoms with Crippen molar-refractivity contribution < 1.29 is 81.8 Å². The highest BCUT2D eigenvalue weighted by molar-refractivity contribution is 7.99. The third-order valence-corrected chi connectivity index (χ3v) is 18.5. The zero-order valence-electron chi connectivity index (χ0n) is 47.5. The fourth-order valence-electron chi connectivity index (χ4n) is 10.6. The Morgan fingerprint density at radius 1 is 0.824 bits per heavy atom. The molecular weight excluding hydrogens is 1150 g/mol. The number of hydrogen-bond donors (Lipinski definition) is 12. The Hall–Kier alpha value is -7.48. The lowest BCUT2D eigenvalue weighted by molar-refractivity contribution is -0.144. The summed E-state index contributed by atoms with van der Waals surface area (Å²) in [4.78, 5) is 171. The van der Waals surface area contributed by atoms with Crippen LogP contribution in [0.3, 0.4) is 0 Å². The molecule has 0 aliphatic carbocycles. The van der Waals surface area contributed by atoms with Crippen LogP contribution in [0.1, 0.15) is 76.8 Å². The second-order valence-electron chi connectivity index (χ2n) is 21.8. The van der Waals surface area contributed by atoms with Crippen LogP contribution in [0, 0.1) is 11.8 Å². The third-order valence-electron chi connectivity index (χ3n) is 15.8. The molecule has 1 aromatic heterocycles. The number of aliphatic hydroxyl groups excluding tert-OH is 3. The van der Waals surface area contributed by atoms with E-state index in [1.807, 2.05) is 0 Å². The molecule has 2 aromatic rings. The van der Waals surface area contributed by atoms with Gasteiger partial charge >= 0.3 is 0 Å². The quantitative estimate of drug-likeness (QED) is 0.0523. The van der Waals surface area contributed by atoms with Crippen LogP contribution in [0.15, 0.2) is 29.3 Å². The molecule has 13 N–H and O–H groups in total. The zero-order valence-corrected chi connectivity index (χ0v) is 49.1. The van der Waals surface area contributed by atoms with E-state index in [1.165, 1.54) is 37.9 Å². The van der Waals surface area contributed by atoms with Crippen LogP contribution in [0.25, 0.3) is 10.9 Å². The SMILES string of the molecule is CC[C@H](C)[C@@H]1NC(=O)CNC(=O)[C@@H]2Cc3c([nH]c4c(CSC5CN(C(=O)CCCCCN6C(=O)C=CC6=O)C5)c(OC)ccc34)S(=O)C[C@H](NC(=O)CNC1=O)C(=O)N[C@@H](CC(N)=O)C(=O)N1C[C@H](O)C[C@H]1C(=O)N[C@@H]([C@@H](C)[C@@H](O)CO)C(=O)N2. The molecule has 5 aliphatic heterocycles. The second kappa shape index (κ2) is 29.1. The first-order valence-electron chi connectivity index (χ1n) is 28.1. The summed E-state index contributed by atoms with van der Waals surface area (Å²) in [5.74, 6) is -12.3. The summed E-state index contributed by atoms with van der Waals surface area (Å²) in [6.45, 7) is 2.73. The Labute approximate surface area is 495 Å². The molecule has 31 heteroatoms. The maximum Gasteiger partial charge on any atom is 0.253 e. The molecule has 29 nitrogen and oxygen atoms in total. The lowest BCUT2D eigenvalue weighted by Gasteiger charge is -2.39. The van der Waals surface area contributed by atoms with E-state index in [0.29, 0.717) is 61.0 Å². The number of primary amides is 1. The molecule has 11 atom stereocenters. The number of unbranched alkanes of at least 4 members (excludes halogenated alkanes) is 2. The molecule has 6 heterocycles. The number of methoxy groups -OCH3 is 1. The van der Waals surface area contributed by atoms with Crippen molar-refractivity contribution in [1.29, 1.82) is 0 Å². The van der Waals surface area contributed by atoms with Crippen molar-refractivity contribution in [2.24, 2.45) is 17.6 Å². The van der Waals surface area contributed by atoms with Gasteiger partial charge in [-0.3, -0.25) is 66.6 Å². The van der Waals surface area contributed by atoms with Gasteiger partial charge < -0.3 is 77.8 Å². The van der Waals surface area contributed by atoms with Gasteiger partial charge in [0.15, 0.2) is 0 Å². The molecule has 1 unspecified atom stereocenters. The molecule has 1 aromatic carbocycles. The number of H-pyrrole nitrogens is 1. The van der Waals surface area contributed by atoms with Gasteiger partial charge in [0.2, 0.25) is 59.1 Å². The first kappa shape index (κ1) is 65.1. The van der Waals surface area contributed by atoms with E-state index in [1.54, 1.807) is 30.9 Å². The normalized spacial score (nSPS) is 26.2. The summed E-state index contributed by atoms with van der Waals surface area (Å²) in [6.07, 6.45) is -0.167. The molecule has 2 bridgehead atoms. The average molecular weight is 1230 g/mol. The van der Waals surface area contributed by atoms with Crippen molar-refractivity contribution in [3.05, 3.63) is 35.4 Å². The van der Waals surface area contributed by atoms with Crippen molar-refractivity contribution >= 4 is 104 Å². The monoisotopic (exact) mass is 1230 g/mol.